The zero-order valence-corrected chi connectivity index (χ0v) is 16.6. The van der Waals surface area contributed by atoms with Crippen molar-refractivity contribution in [1.29, 1.82) is 0 Å². The number of benzene rings is 1. The van der Waals surface area contributed by atoms with Crippen LogP contribution < -0.4 is 4.74 Å². The standard InChI is InChI=1S/C21H28N4O3/c1-15-7-9-25(10-8-15)20(26)14-24-12-17(13-24)21-22-19(23-28-21)11-16-5-3-4-6-18(16)27-2/h3-6,15,17H,7-14H2,1-2H3. The van der Waals surface area contributed by atoms with E-state index in [4.69, 9.17) is 9.26 Å². The molecule has 1 aromatic heterocycles. The normalized spacial score (nSPS) is 18.9. The zero-order chi connectivity index (χ0) is 19.5. The fourth-order valence-corrected chi connectivity index (χ4v) is 3.93. The van der Waals surface area contributed by atoms with Gasteiger partial charge in [-0.15, -0.1) is 0 Å². The molecular weight excluding hydrogens is 356 g/mol. The predicted octanol–water partition coefficient (Wildman–Crippen LogP) is 2.33. The van der Waals surface area contributed by atoms with Gasteiger partial charge in [0.2, 0.25) is 11.8 Å². The number of para-hydroxylation sites is 1. The van der Waals surface area contributed by atoms with E-state index in [1.165, 1.54) is 0 Å². The summed E-state index contributed by atoms with van der Waals surface area (Å²) in [5.41, 5.74) is 1.04. The number of carbonyl (C=O) groups is 1. The SMILES string of the molecule is COc1ccccc1Cc1noc(C2CN(CC(=O)N3CCC(C)CC3)C2)n1. The van der Waals surface area contributed by atoms with E-state index in [-0.39, 0.29) is 11.8 Å². The number of piperidine rings is 1. The van der Waals surface area contributed by atoms with Crippen LogP contribution in [-0.4, -0.2) is 65.7 Å². The van der Waals surface area contributed by atoms with Crippen molar-refractivity contribution in [2.45, 2.75) is 32.1 Å². The molecule has 1 amide bonds. The summed E-state index contributed by atoms with van der Waals surface area (Å²) in [6.45, 7) is 6.14. The lowest BCUT2D eigenvalue weighted by molar-refractivity contribution is -0.135. The average molecular weight is 384 g/mol. The van der Waals surface area contributed by atoms with Crippen LogP contribution in [0.3, 0.4) is 0 Å². The van der Waals surface area contributed by atoms with Gasteiger partial charge in [0, 0.05) is 38.2 Å². The summed E-state index contributed by atoms with van der Waals surface area (Å²) in [6.07, 6.45) is 2.81. The fourth-order valence-electron chi connectivity index (χ4n) is 3.93. The Kier molecular flexibility index (Phi) is 5.62. The molecule has 2 aromatic rings. The van der Waals surface area contributed by atoms with Gasteiger partial charge in [-0.25, -0.2) is 0 Å². The Morgan fingerprint density at radius 2 is 2.00 bits per heavy atom. The maximum absolute atomic E-state index is 12.4. The number of rotatable bonds is 6. The summed E-state index contributed by atoms with van der Waals surface area (Å²) < 4.78 is 10.9. The second-order valence-corrected chi connectivity index (χ2v) is 7.99. The molecule has 0 unspecified atom stereocenters. The summed E-state index contributed by atoms with van der Waals surface area (Å²) in [6, 6.07) is 7.86. The quantitative estimate of drug-likeness (QED) is 0.761. The van der Waals surface area contributed by atoms with Crippen molar-refractivity contribution in [3.63, 3.8) is 0 Å². The van der Waals surface area contributed by atoms with Gasteiger partial charge in [-0.05, 0) is 24.8 Å². The van der Waals surface area contributed by atoms with Crippen LogP contribution in [0.5, 0.6) is 5.75 Å². The number of methoxy groups -OCH3 is 1. The monoisotopic (exact) mass is 384 g/mol. The van der Waals surface area contributed by atoms with Crippen molar-refractivity contribution in [2.24, 2.45) is 5.92 Å². The number of nitrogens with zero attached hydrogens (tertiary/aromatic N) is 4. The minimum Gasteiger partial charge on any atom is -0.496 e. The van der Waals surface area contributed by atoms with E-state index in [1.807, 2.05) is 29.2 Å². The van der Waals surface area contributed by atoms with Crippen LogP contribution in [0, 0.1) is 5.92 Å². The molecule has 2 fully saturated rings. The lowest BCUT2D eigenvalue weighted by Gasteiger charge is -2.38. The van der Waals surface area contributed by atoms with Gasteiger partial charge in [-0.3, -0.25) is 9.69 Å². The number of hydrogen-bond acceptors (Lipinski definition) is 6. The number of hydrogen-bond donors (Lipinski definition) is 0. The highest BCUT2D eigenvalue weighted by molar-refractivity contribution is 5.78. The Balaban J connectivity index is 1.27. The Bertz CT molecular complexity index is 807. The molecule has 0 spiro atoms. The highest BCUT2D eigenvalue weighted by Crippen LogP contribution is 2.27. The molecule has 2 aliphatic rings. The molecule has 4 rings (SSSR count). The molecule has 7 nitrogen and oxygen atoms in total. The molecule has 3 heterocycles. The third-order valence-corrected chi connectivity index (χ3v) is 5.83. The zero-order valence-electron chi connectivity index (χ0n) is 16.6. The van der Waals surface area contributed by atoms with E-state index in [1.54, 1.807) is 7.11 Å². The Morgan fingerprint density at radius 3 is 2.75 bits per heavy atom. The minimum absolute atomic E-state index is 0.216. The van der Waals surface area contributed by atoms with E-state index in [0.717, 1.165) is 56.3 Å². The third-order valence-electron chi connectivity index (χ3n) is 5.83. The summed E-state index contributed by atoms with van der Waals surface area (Å²) in [5.74, 6) is 3.35. The smallest absolute Gasteiger partial charge is 0.236 e. The fraction of sp³-hybridized carbons (Fsp3) is 0.571. The first-order valence-electron chi connectivity index (χ1n) is 10.1. The van der Waals surface area contributed by atoms with Crippen LogP contribution in [0.4, 0.5) is 0 Å². The van der Waals surface area contributed by atoms with Gasteiger partial charge in [0.1, 0.15) is 5.75 Å². The molecule has 28 heavy (non-hydrogen) atoms. The first kappa shape index (κ1) is 18.9. The maximum atomic E-state index is 12.4. The average Bonchev–Trinajstić information content (AvgIpc) is 3.13. The summed E-state index contributed by atoms with van der Waals surface area (Å²) in [5, 5.41) is 4.12. The maximum Gasteiger partial charge on any atom is 0.236 e. The van der Waals surface area contributed by atoms with Crippen LogP contribution in [0.1, 0.15) is 43.0 Å². The number of amides is 1. The van der Waals surface area contributed by atoms with Gasteiger partial charge < -0.3 is 14.2 Å². The molecule has 0 aliphatic carbocycles. The van der Waals surface area contributed by atoms with E-state index >= 15 is 0 Å². The second kappa shape index (κ2) is 8.31. The van der Waals surface area contributed by atoms with Crippen LogP contribution >= 0.6 is 0 Å². The highest BCUT2D eigenvalue weighted by atomic mass is 16.5. The van der Waals surface area contributed by atoms with E-state index < -0.39 is 0 Å². The highest BCUT2D eigenvalue weighted by Gasteiger charge is 2.34. The first-order chi connectivity index (χ1) is 13.6. The molecular formula is C21H28N4O3. The molecule has 0 atom stereocenters. The molecule has 1 aromatic carbocycles. The summed E-state index contributed by atoms with van der Waals surface area (Å²) in [7, 11) is 1.66. The molecule has 0 saturated carbocycles. The van der Waals surface area contributed by atoms with Gasteiger partial charge in [-0.1, -0.05) is 30.3 Å². The Hall–Kier alpha value is -2.41. The van der Waals surface area contributed by atoms with Crippen LogP contribution in [0.2, 0.25) is 0 Å². The number of aromatic nitrogens is 2. The molecule has 0 radical (unpaired) electrons. The molecule has 2 aliphatic heterocycles. The lowest BCUT2D eigenvalue weighted by atomic mass is 9.98. The summed E-state index contributed by atoms with van der Waals surface area (Å²) in [4.78, 5) is 21.2. The van der Waals surface area contributed by atoms with Crippen molar-refractivity contribution in [2.75, 3.05) is 39.8 Å². The number of ether oxygens (including phenoxy) is 1. The Labute approximate surface area is 165 Å². The van der Waals surface area contributed by atoms with Gasteiger partial charge in [0.15, 0.2) is 5.82 Å². The van der Waals surface area contributed by atoms with Crippen molar-refractivity contribution in [3.8, 4) is 5.75 Å². The van der Waals surface area contributed by atoms with Crippen LogP contribution in [0.25, 0.3) is 0 Å². The van der Waals surface area contributed by atoms with Gasteiger partial charge >= 0.3 is 0 Å². The van der Waals surface area contributed by atoms with Crippen LogP contribution in [0.15, 0.2) is 28.8 Å². The van der Waals surface area contributed by atoms with E-state index in [2.05, 4.69) is 22.0 Å². The molecule has 0 bridgehead atoms. The first-order valence-corrected chi connectivity index (χ1v) is 10.1. The lowest BCUT2D eigenvalue weighted by Crippen LogP contribution is -2.51. The number of carbonyl (C=O) groups excluding carboxylic acids is 1. The van der Waals surface area contributed by atoms with Crippen LogP contribution in [-0.2, 0) is 11.2 Å². The largest absolute Gasteiger partial charge is 0.496 e. The third kappa shape index (κ3) is 4.19. The number of likely N-dealkylation sites (tertiary alicyclic amines) is 2. The second-order valence-electron chi connectivity index (χ2n) is 7.99. The van der Waals surface area contributed by atoms with Gasteiger partial charge in [0.25, 0.3) is 0 Å². The van der Waals surface area contributed by atoms with Gasteiger partial charge in [-0.2, -0.15) is 4.98 Å². The summed E-state index contributed by atoms with van der Waals surface area (Å²) >= 11 is 0. The van der Waals surface area contributed by atoms with E-state index in [9.17, 15) is 4.79 Å². The molecule has 150 valence electrons. The van der Waals surface area contributed by atoms with Crippen molar-refractivity contribution >= 4 is 5.91 Å². The molecule has 2 saturated heterocycles. The molecule has 0 N–H and O–H groups in total. The minimum atomic E-state index is 0.216. The van der Waals surface area contributed by atoms with Gasteiger partial charge in [0.05, 0.1) is 19.6 Å². The van der Waals surface area contributed by atoms with Crippen molar-refractivity contribution < 1.29 is 14.1 Å². The van der Waals surface area contributed by atoms with Crippen molar-refractivity contribution in [3.05, 3.63) is 41.5 Å². The predicted molar refractivity (Wildman–Crippen MR) is 104 cm³/mol. The van der Waals surface area contributed by atoms with Crippen molar-refractivity contribution in [1.82, 2.24) is 19.9 Å². The molecule has 7 heteroatoms. The topological polar surface area (TPSA) is 71.7 Å². The Morgan fingerprint density at radius 1 is 1.25 bits per heavy atom. The van der Waals surface area contributed by atoms with E-state index in [0.29, 0.717) is 24.7 Å².